The van der Waals surface area contributed by atoms with Gasteiger partial charge in [0.2, 0.25) is 0 Å². The highest BCUT2D eigenvalue weighted by Crippen LogP contribution is 2.35. The van der Waals surface area contributed by atoms with Crippen LogP contribution >= 0.6 is 0 Å². The van der Waals surface area contributed by atoms with Gasteiger partial charge in [-0.1, -0.05) is 19.6 Å². The third-order valence-corrected chi connectivity index (χ3v) is 7.68. The van der Waals surface area contributed by atoms with Gasteiger partial charge in [0.05, 0.1) is 23.0 Å². The summed E-state index contributed by atoms with van der Waals surface area (Å²) in [6, 6.07) is 14.1. The molecule has 1 saturated heterocycles. The van der Waals surface area contributed by atoms with Crippen LogP contribution in [0.5, 0.6) is 0 Å². The van der Waals surface area contributed by atoms with Crippen LogP contribution in [-0.2, 0) is 25.7 Å². The zero-order valence-corrected chi connectivity index (χ0v) is 21.3. The smallest absolute Gasteiger partial charge is 0.129 e. The molecule has 0 spiro atoms. The van der Waals surface area contributed by atoms with Crippen LogP contribution in [0, 0.1) is 28.9 Å². The summed E-state index contributed by atoms with van der Waals surface area (Å²) < 4.78 is 27.4. The molecule has 37 heavy (non-hydrogen) atoms. The van der Waals surface area contributed by atoms with Gasteiger partial charge in [-0.25, -0.2) is 8.78 Å². The van der Waals surface area contributed by atoms with E-state index in [9.17, 15) is 14.0 Å². The lowest BCUT2D eigenvalue weighted by Gasteiger charge is -2.35. The topological polar surface area (TPSA) is 52.0 Å². The highest BCUT2D eigenvalue weighted by molar-refractivity contribution is 5.84. The van der Waals surface area contributed by atoms with Crippen LogP contribution in [0.25, 0.3) is 5.70 Å². The summed E-state index contributed by atoms with van der Waals surface area (Å²) in [5, 5.41) is 13.1. The van der Waals surface area contributed by atoms with E-state index in [2.05, 4.69) is 35.9 Å². The molecule has 0 bridgehead atoms. The number of nitrogens with one attached hydrogen (secondary N) is 1. The van der Waals surface area contributed by atoms with Crippen molar-refractivity contribution < 1.29 is 8.78 Å². The molecule has 0 unspecified atom stereocenters. The van der Waals surface area contributed by atoms with Crippen LogP contribution in [0.15, 0.2) is 49.0 Å². The van der Waals surface area contributed by atoms with Crippen molar-refractivity contribution in [1.29, 1.82) is 5.26 Å². The molecule has 1 fully saturated rings. The number of nitriles is 1. The fourth-order valence-electron chi connectivity index (χ4n) is 5.63. The molecule has 6 heteroatoms. The summed E-state index contributed by atoms with van der Waals surface area (Å²) in [7, 11) is 0. The second-order valence-electron chi connectivity index (χ2n) is 10.1. The molecule has 2 aromatic carbocycles. The molecule has 1 aromatic heterocycles. The Morgan fingerprint density at radius 2 is 1.95 bits per heavy atom. The van der Waals surface area contributed by atoms with Crippen LogP contribution in [-0.4, -0.2) is 18.1 Å². The van der Waals surface area contributed by atoms with E-state index in [0.29, 0.717) is 23.5 Å². The molecular weight excluding hydrogens is 466 g/mol. The number of anilines is 2. The van der Waals surface area contributed by atoms with Crippen molar-refractivity contribution in [3.05, 3.63) is 94.3 Å². The summed E-state index contributed by atoms with van der Waals surface area (Å²) >= 11 is 0. The number of aromatic nitrogens is 1. The van der Waals surface area contributed by atoms with Gasteiger partial charge >= 0.3 is 0 Å². The molecule has 1 aliphatic carbocycles. The third kappa shape index (κ3) is 5.36. The maximum atomic E-state index is 14.2. The Labute approximate surface area is 217 Å². The van der Waals surface area contributed by atoms with Gasteiger partial charge in [0.25, 0.3) is 0 Å². The fourth-order valence-corrected chi connectivity index (χ4v) is 5.63. The predicted octanol–water partition coefficient (Wildman–Crippen LogP) is 6.82. The number of aryl methyl sites for hydroxylation is 3. The Balaban J connectivity index is 1.33. The van der Waals surface area contributed by atoms with Crippen molar-refractivity contribution in [1.82, 2.24) is 4.98 Å². The number of rotatable bonds is 7. The Kier molecular flexibility index (Phi) is 7.23. The molecule has 190 valence electrons. The SMILES string of the molecule is C=C(Nc1cc(C#N)ccc1N1CCC(Cc2ccc(F)cc2F)CC1)c1cc2c(nc1CC)CCC2. The molecule has 1 N–H and O–H groups in total. The normalized spacial score (nSPS) is 15.4. The first kappa shape index (κ1) is 25.0. The third-order valence-electron chi connectivity index (χ3n) is 7.68. The molecule has 4 nitrogen and oxygen atoms in total. The van der Waals surface area contributed by atoms with E-state index in [4.69, 9.17) is 4.98 Å². The summed E-state index contributed by atoms with van der Waals surface area (Å²) in [4.78, 5) is 7.24. The van der Waals surface area contributed by atoms with Gasteiger partial charge < -0.3 is 10.2 Å². The molecule has 2 heterocycles. The van der Waals surface area contributed by atoms with Crippen LogP contribution in [0.3, 0.4) is 0 Å². The van der Waals surface area contributed by atoms with Crippen molar-refractivity contribution in [2.24, 2.45) is 5.92 Å². The minimum absolute atomic E-state index is 0.338. The number of pyridine rings is 1. The Bertz CT molecular complexity index is 1370. The first-order valence-electron chi connectivity index (χ1n) is 13.2. The van der Waals surface area contributed by atoms with Gasteiger partial charge in [-0.3, -0.25) is 4.98 Å². The molecule has 2 aliphatic rings. The maximum Gasteiger partial charge on any atom is 0.129 e. The molecule has 0 saturated carbocycles. The van der Waals surface area contributed by atoms with Gasteiger partial charge in [-0.05, 0) is 92.3 Å². The largest absolute Gasteiger partial charge is 0.370 e. The zero-order valence-electron chi connectivity index (χ0n) is 21.3. The van der Waals surface area contributed by atoms with E-state index < -0.39 is 11.6 Å². The van der Waals surface area contributed by atoms with E-state index in [-0.39, 0.29) is 0 Å². The van der Waals surface area contributed by atoms with Crippen molar-refractivity contribution >= 4 is 17.1 Å². The molecule has 5 rings (SSSR count). The first-order valence-corrected chi connectivity index (χ1v) is 13.2. The van der Waals surface area contributed by atoms with Crippen molar-refractivity contribution in [3.8, 4) is 6.07 Å². The predicted molar refractivity (Wildman–Crippen MR) is 144 cm³/mol. The van der Waals surface area contributed by atoms with Crippen molar-refractivity contribution in [2.75, 3.05) is 23.3 Å². The molecular formula is C31H32F2N4. The number of piperidine rings is 1. The van der Waals surface area contributed by atoms with Gasteiger partial charge in [0, 0.05) is 41.8 Å². The lowest BCUT2D eigenvalue weighted by Crippen LogP contribution is -2.34. The second-order valence-corrected chi connectivity index (χ2v) is 10.1. The minimum atomic E-state index is -0.541. The lowest BCUT2D eigenvalue weighted by molar-refractivity contribution is 0.397. The molecule has 0 radical (unpaired) electrons. The molecule has 0 amide bonds. The first-order chi connectivity index (χ1) is 17.9. The number of nitrogens with zero attached hydrogens (tertiary/aromatic N) is 3. The van der Waals surface area contributed by atoms with E-state index in [1.807, 2.05) is 18.2 Å². The average molecular weight is 499 g/mol. The summed E-state index contributed by atoms with van der Waals surface area (Å²) in [6.45, 7) is 8.11. The zero-order chi connectivity index (χ0) is 25.9. The van der Waals surface area contributed by atoms with E-state index >= 15 is 0 Å². The number of halogens is 2. The van der Waals surface area contributed by atoms with E-state index in [1.54, 1.807) is 6.07 Å². The van der Waals surface area contributed by atoms with Crippen molar-refractivity contribution in [3.63, 3.8) is 0 Å². The fraction of sp³-hybridized carbons (Fsp3) is 0.355. The van der Waals surface area contributed by atoms with Crippen molar-refractivity contribution in [2.45, 2.75) is 51.9 Å². The number of hydrogen-bond donors (Lipinski definition) is 1. The van der Waals surface area contributed by atoms with Crippen LogP contribution in [0.4, 0.5) is 20.2 Å². The van der Waals surface area contributed by atoms with Gasteiger partial charge in [-0.2, -0.15) is 5.26 Å². The minimum Gasteiger partial charge on any atom is -0.370 e. The Morgan fingerprint density at radius 3 is 2.68 bits per heavy atom. The Morgan fingerprint density at radius 1 is 1.14 bits per heavy atom. The monoisotopic (exact) mass is 498 g/mol. The highest BCUT2D eigenvalue weighted by atomic mass is 19.1. The van der Waals surface area contributed by atoms with Crippen LogP contribution in [0.1, 0.15) is 59.8 Å². The van der Waals surface area contributed by atoms with Gasteiger partial charge in [-0.15, -0.1) is 0 Å². The van der Waals surface area contributed by atoms with Gasteiger partial charge in [0.1, 0.15) is 11.6 Å². The molecule has 0 atom stereocenters. The molecule has 1 aliphatic heterocycles. The molecule has 3 aromatic rings. The second kappa shape index (κ2) is 10.7. The van der Waals surface area contributed by atoms with Crippen LogP contribution in [0.2, 0.25) is 0 Å². The lowest BCUT2D eigenvalue weighted by atomic mass is 9.89. The number of benzene rings is 2. The maximum absolute atomic E-state index is 14.2. The summed E-state index contributed by atoms with van der Waals surface area (Å²) in [6.07, 6.45) is 6.50. The standard InChI is InChI=1S/C31H32F2N4/c1-3-28-26(17-24-5-4-6-29(24)36-28)20(2)35-30-16-22(19-34)7-10-31(30)37-13-11-21(12-14-37)15-23-8-9-25(32)18-27(23)33/h7-10,16-18,21,35H,2-6,11-15H2,1H3. The van der Waals surface area contributed by atoms with Gasteiger partial charge in [0.15, 0.2) is 0 Å². The Hall–Kier alpha value is -3.72. The summed E-state index contributed by atoms with van der Waals surface area (Å²) in [5.41, 5.74) is 8.44. The average Bonchev–Trinajstić information content (AvgIpc) is 3.37. The quantitative estimate of drug-likeness (QED) is 0.388. The number of hydrogen-bond acceptors (Lipinski definition) is 4. The summed E-state index contributed by atoms with van der Waals surface area (Å²) in [5.74, 6) is -0.669. The number of fused-ring (bicyclic) bond motifs is 1. The van der Waals surface area contributed by atoms with E-state index in [1.165, 1.54) is 17.3 Å². The highest BCUT2D eigenvalue weighted by Gasteiger charge is 2.24. The van der Waals surface area contributed by atoms with Crippen LogP contribution < -0.4 is 10.2 Å². The van der Waals surface area contributed by atoms with E-state index in [0.717, 1.165) is 86.0 Å².